The molecule has 1 amide bonds. The van der Waals surface area contributed by atoms with Crippen LogP contribution in [0, 0.1) is 25.7 Å². The number of hydrogen-bond acceptors (Lipinski definition) is 4. The standard InChI is InChI=1S/C36H52ClN3O3S/c1-27-24-34(29(3)23-32(27)37)44(42,43)40-22-8-7-13-33(40)28(2)25-35(41)38-26-31-15-18-36(19-16-31,39-20-9-10-21-39)17-14-30-11-5-4-6-12-30/h4-6,11-12,23-24,28,31,33H,7-10,13-22,25-26H2,1-3H3,(H,38,41). The van der Waals surface area contributed by atoms with Gasteiger partial charge in [-0.3, -0.25) is 9.69 Å². The van der Waals surface area contributed by atoms with Crippen LogP contribution in [0.4, 0.5) is 0 Å². The summed E-state index contributed by atoms with van der Waals surface area (Å²) in [4.78, 5) is 16.3. The minimum Gasteiger partial charge on any atom is -0.356 e. The molecule has 1 N–H and O–H groups in total. The number of benzene rings is 2. The van der Waals surface area contributed by atoms with Gasteiger partial charge in [-0.05, 0) is 132 Å². The molecule has 44 heavy (non-hydrogen) atoms. The van der Waals surface area contributed by atoms with Crippen LogP contribution >= 0.6 is 11.6 Å². The van der Waals surface area contributed by atoms with Crippen LogP contribution in [0.25, 0.3) is 0 Å². The van der Waals surface area contributed by atoms with Crippen molar-refractivity contribution < 1.29 is 13.2 Å². The summed E-state index contributed by atoms with van der Waals surface area (Å²) in [5, 5.41) is 3.83. The maximum absolute atomic E-state index is 13.9. The van der Waals surface area contributed by atoms with Crippen LogP contribution in [0.5, 0.6) is 0 Å². The molecule has 8 heteroatoms. The summed E-state index contributed by atoms with van der Waals surface area (Å²) in [6.07, 6.45) is 12.6. The molecule has 6 nitrogen and oxygen atoms in total. The number of carbonyl (C=O) groups is 1. The van der Waals surface area contributed by atoms with Gasteiger partial charge in [-0.15, -0.1) is 0 Å². The summed E-state index contributed by atoms with van der Waals surface area (Å²) in [6, 6.07) is 14.1. The number of sulfonamides is 1. The molecule has 2 unspecified atom stereocenters. The molecule has 0 radical (unpaired) electrons. The van der Waals surface area contributed by atoms with Crippen molar-refractivity contribution in [2.75, 3.05) is 26.2 Å². The second-order valence-electron chi connectivity index (χ2n) is 13.9. The second kappa shape index (κ2) is 14.7. The minimum absolute atomic E-state index is 0.0411. The summed E-state index contributed by atoms with van der Waals surface area (Å²) in [7, 11) is -3.69. The Hall–Kier alpha value is -1.93. The Morgan fingerprint density at radius 2 is 1.66 bits per heavy atom. The zero-order valence-corrected chi connectivity index (χ0v) is 28.6. The van der Waals surface area contributed by atoms with Crippen molar-refractivity contribution in [2.45, 2.75) is 114 Å². The number of likely N-dealkylation sites (tertiary alicyclic amines) is 1. The Morgan fingerprint density at radius 1 is 0.977 bits per heavy atom. The average molecular weight is 642 g/mol. The fraction of sp³-hybridized carbons (Fsp3) is 0.639. The van der Waals surface area contributed by atoms with Crippen LogP contribution in [-0.2, 0) is 21.2 Å². The Bertz CT molecular complexity index is 1370. The van der Waals surface area contributed by atoms with Gasteiger partial charge in [0.1, 0.15) is 0 Å². The Balaban J connectivity index is 1.15. The van der Waals surface area contributed by atoms with Crippen LogP contribution in [0.1, 0.15) is 94.2 Å². The number of nitrogens with one attached hydrogen (secondary N) is 1. The molecule has 0 aromatic heterocycles. The average Bonchev–Trinajstić information content (AvgIpc) is 3.58. The smallest absolute Gasteiger partial charge is 0.243 e. The third kappa shape index (κ3) is 7.71. The highest BCUT2D eigenvalue weighted by atomic mass is 35.5. The minimum atomic E-state index is -3.69. The van der Waals surface area contributed by atoms with Gasteiger partial charge in [-0.2, -0.15) is 4.31 Å². The topological polar surface area (TPSA) is 69.7 Å². The van der Waals surface area contributed by atoms with Gasteiger partial charge in [0.15, 0.2) is 0 Å². The molecule has 1 aliphatic carbocycles. The summed E-state index contributed by atoms with van der Waals surface area (Å²) in [5.41, 5.74) is 3.14. The molecule has 1 saturated carbocycles. The van der Waals surface area contributed by atoms with Crippen molar-refractivity contribution in [3.63, 3.8) is 0 Å². The third-order valence-electron chi connectivity index (χ3n) is 10.8. The lowest BCUT2D eigenvalue weighted by molar-refractivity contribution is -0.122. The molecule has 2 aromatic carbocycles. The zero-order chi connectivity index (χ0) is 31.3. The van der Waals surface area contributed by atoms with Crippen LogP contribution in [0.3, 0.4) is 0 Å². The van der Waals surface area contributed by atoms with Crippen LogP contribution in [0.2, 0.25) is 5.02 Å². The summed E-state index contributed by atoms with van der Waals surface area (Å²) in [5.74, 6) is 0.481. The van der Waals surface area contributed by atoms with E-state index in [1.807, 2.05) is 13.8 Å². The first-order valence-corrected chi connectivity index (χ1v) is 18.8. The van der Waals surface area contributed by atoms with Gasteiger partial charge in [0.05, 0.1) is 4.90 Å². The summed E-state index contributed by atoms with van der Waals surface area (Å²) < 4.78 is 29.4. The molecule has 2 aromatic rings. The van der Waals surface area contributed by atoms with Crippen molar-refractivity contribution in [1.82, 2.24) is 14.5 Å². The van der Waals surface area contributed by atoms with Crippen molar-refractivity contribution >= 4 is 27.5 Å². The molecule has 2 atom stereocenters. The van der Waals surface area contributed by atoms with E-state index in [1.54, 1.807) is 23.4 Å². The quantitative estimate of drug-likeness (QED) is 0.280. The first-order valence-electron chi connectivity index (χ1n) is 16.9. The monoisotopic (exact) mass is 641 g/mol. The third-order valence-corrected chi connectivity index (χ3v) is 13.3. The zero-order valence-electron chi connectivity index (χ0n) is 27.0. The van der Waals surface area contributed by atoms with E-state index in [0.717, 1.165) is 50.6 Å². The van der Waals surface area contributed by atoms with Gasteiger partial charge in [0.2, 0.25) is 15.9 Å². The van der Waals surface area contributed by atoms with E-state index in [9.17, 15) is 13.2 Å². The van der Waals surface area contributed by atoms with Crippen LogP contribution in [-0.4, -0.2) is 61.3 Å². The van der Waals surface area contributed by atoms with E-state index in [2.05, 4.69) is 40.5 Å². The SMILES string of the molecule is Cc1cc(S(=O)(=O)N2CCCCC2C(C)CC(=O)NCC2CCC(CCc3ccccc3)(N3CCCC3)CC2)c(C)cc1Cl. The number of aryl methyl sites for hydroxylation is 3. The molecular weight excluding hydrogens is 590 g/mol. The summed E-state index contributed by atoms with van der Waals surface area (Å²) >= 11 is 6.27. The summed E-state index contributed by atoms with van der Waals surface area (Å²) in [6.45, 7) is 9.33. The van der Waals surface area contributed by atoms with Crippen molar-refractivity contribution in [1.29, 1.82) is 0 Å². The number of carbonyl (C=O) groups excluding carboxylic acids is 1. The molecule has 5 rings (SSSR count). The Morgan fingerprint density at radius 3 is 2.36 bits per heavy atom. The maximum atomic E-state index is 13.9. The number of piperidine rings is 1. The Labute approximate surface area is 271 Å². The number of hydrogen-bond donors (Lipinski definition) is 1. The molecule has 0 spiro atoms. The molecule has 0 bridgehead atoms. The molecule has 3 fully saturated rings. The molecule has 2 heterocycles. The first kappa shape index (κ1) is 33.4. The molecule has 242 valence electrons. The van der Waals surface area contributed by atoms with Gasteiger partial charge < -0.3 is 5.32 Å². The van der Waals surface area contributed by atoms with Crippen LogP contribution in [0.15, 0.2) is 47.4 Å². The van der Waals surface area contributed by atoms with Crippen LogP contribution < -0.4 is 5.32 Å². The van der Waals surface area contributed by atoms with Gasteiger partial charge in [0.25, 0.3) is 0 Å². The fourth-order valence-corrected chi connectivity index (χ4v) is 10.4. The van der Waals surface area contributed by atoms with E-state index in [-0.39, 0.29) is 23.4 Å². The predicted molar refractivity (Wildman–Crippen MR) is 180 cm³/mol. The van der Waals surface area contributed by atoms with E-state index >= 15 is 0 Å². The predicted octanol–water partition coefficient (Wildman–Crippen LogP) is 7.30. The number of nitrogens with zero attached hydrogens (tertiary/aromatic N) is 2. The first-order chi connectivity index (χ1) is 21.1. The second-order valence-corrected chi connectivity index (χ2v) is 16.1. The lowest BCUT2D eigenvalue weighted by Gasteiger charge is -2.47. The maximum Gasteiger partial charge on any atom is 0.243 e. The highest BCUT2D eigenvalue weighted by Gasteiger charge is 2.41. The largest absolute Gasteiger partial charge is 0.356 e. The number of halogens is 1. The lowest BCUT2D eigenvalue weighted by Crippen LogP contribution is -2.51. The van der Waals surface area contributed by atoms with Crippen molar-refractivity contribution in [2.24, 2.45) is 11.8 Å². The fourth-order valence-electron chi connectivity index (χ4n) is 8.07. The van der Waals surface area contributed by atoms with E-state index in [1.165, 1.54) is 50.8 Å². The Kier molecular flexibility index (Phi) is 11.1. The molecule has 2 saturated heterocycles. The van der Waals surface area contributed by atoms with Gasteiger partial charge in [-0.25, -0.2) is 8.42 Å². The highest BCUT2D eigenvalue weighted by Crippen LogP contribution is 2.41. The van der Waals surface area contributed by atoms with Crippen molar-refractivity contribution in [3.05, 3.63) is 64.2 Å². The highest BCUT2D eigenvalue weighted by molar-refractivity contribution is 7.89. The molecule has 2 aliphatic heterocycles. The van der Waals surface area contributed by atoms with Gasteiger partial charge >= 0.3 is 0 Å². The molecular formula is C36H52ClN3O3S. The number of rotatable bonds is 11. The van der Waals surface area contributed by atoms with Gasteiger partial charge in [-0.1, -0.05) is 55.3 Å². The van der Waals surface area contributed by atoms with E-state index in [4.69, 9.17) is 11.6 Å². The number of amides is 1. The van der Waals surface area contributed by atoms with E-state index < -0.39 is 10.0 Å². The molecule has 3 aliphatic rings. The van der Waals surface area contributed by atoms with E-state index in [0.29, 0.717) is 34.4 Å². The van der Waals surface area contributed by atoms with Crippen molar-refractivity contribution in [3.8, 4) is 0 Å². The normalized spacial score (nSPS) is 26.0. The lowest BCUT2D eigenvalue weighted by atomic mass is 9.72. The van der Waals surface area contributed by atoms with Gasteiger partial charge in [0, 0.05) is 36.1 Å².